The predicted molar refractivity (Wildman–Crippen MR) is 55.3 cm³/mol. The van der Waals surface area contributed by atoms with E-state index in [-0.39, 0.29) is 5.69 Å². The molecule has 1 heterocycles. The van der Waals surface area contributed by atoms with Gasteiger partial charge in [-0.3, -0.25) is 5.41 Å². The maximum absolute atomic E-state index is 13.4. The summed E-state index contributed by atoms with van der Waals surface area (Å²) in [5.74, 6) is -0.571. The molecule has 1 aromatic rings. The number of hydrogen-bond donors (Lipinski definition) is 1. The van der Waals surface area contributed by atoms with Crippen LogP contribution < -0.4 is 4.90 Å². The Morgan fingerprint density at radius 1 is 1.20 bits per heavy atom. The van der Waals surface area contributed by atoms with E-state index in [2.05, 4.69) is 0 Å². The van der Waals surface area contributed by atoms with E-state index >= 15 is 0 Å². The Hall–Kier alpha value is -1.45. The van der Waals surface area contributed by atoms with Crippen LogP contribution in [0, 0.1) is 17.0 Å². The number of benzene rings is 1. The zero-order valence-corrected chi connectivity index (χ0v) is 8.26. The summed E-state index contributed by atoms with van der Waals surface area (Å²) in [6.45, 7) is 0.596. The lowest BCUT2D eigenvalue weighted by Crippen LogP contribution is -2.35. The lowest BCUT2D eigenvalue weighted by molar-refractivity contribution is 0.594. The van der Waals surface area contributed by atoms with E-state index < -0.39 is 11.6 Å². The normalized spacial score (nSPS) is 16.9. The summed E-state index contributed by atoms with van der Waals surface area (Å²) in [6.07, 6.45) is 2.50. The Morgan fingerprint density at radius 2 is 2.00 bits per heavy atom. The maximum Gasteiger partial charge on any atom is 0.147 e. The van der Waals surface area contributed by atoms with Gasteiger partial charge in [0.05, 0.1) is 5.69 Å². The number of nitrogens with zero attached hydrogens (tertiary/aromatic N) is 1. The molecule has 1 fully saturated rings. The predicted octanol–water partition coefficient (Wildman–Crippen LogP) is 2.93. The summed E-state index contributed by atoms with van der Waals surface area (Å²) < 4.78 is 26.4. The van der Waals surface area contributed by atoms with Gasteiger partial charge in [-0.2, -0.15) is 0 Å². The molecule has 1 saturated heterocycles. The van der Waals surface area contributed by atoms with E-state index in [1.165, 1.54) is 0 Å². The number of anilines is 1. The number of hydrogen-bond acceptors (Lipinski definition) is 1. The molecule has 2 rings (SSSR count). The third kappa shape index (κ3) is 1.98. The first-order chi connectivity index (χ1) is 7.18. The van der Waals surface area contributed by atoms with Crippen LogP contribution in [0.2, 0.25) is 0 Å². The molecule has 1 aromatic carbocycles. The largest absolute Gasteiger partial charge is 0.328 e. The monoisotopic (exact) mass is 210 g/mol. The third-order valence-electron chi connectivity index (χ3n) is 2.57. The quantitative estimate of drug-likeness (QED) is 0.758. The number of piperidine rings is 1. The van der Waals surface area contributed by atoms with E-state index in [1.54, 1.807) is 4.90 Å². The molecule has 0 radical (unpaired) electrons. The molecule has 1 aliphatic heterocycles. The van der Waals surface area contributed by atoms with Crippen LogP contribution in [0.15, 0.2) is 18.2 Å². The minimum atomic E-state index is -0.469. The lowest BCUT2D eigenvalue weighted by atomic mass is 10.1. The highest BCUT2D eigenvalue weighted by atomic mass is 19.1. The second-order valence-corrected chi connectivity index (χ2v) is 3.65. The Labute approximate surface area is 87.0 Å². The Balaban J connectivity index is 2.34. The van der Waals surface area contributed by atoms with Crippen LogP contribution in [0.1, 0.15) is 19.3 Å². The summed E-state index contributed by atoms with van der Waals surface area (Å²) in [7, 11) is 0. The van der Waals surface area contributed by atoms with Crippen molar-refractivity contribution in [3.63, 3.8) is 0 Å². The summed E-state index contributed by atoms with van der Waals surface area (Å²) >= 11 is 0. The molecular weight excluding hydrogens is 198 g/mol. The lowest BCUT2D eigenvalue weighted by Gasteiger charge is -2.29. The first-order valence-electron chi connectivity index (χ1n) is 4.98. The average molecular weight is 210 g/mol. The van der Waals surface area contributed by atoms with Crippen LogP contribution in [0.5, 0.6) is 0 Å². The van der Waals surface area contributed by atoms with Gasteiger partial charge in [-0.1, -0.05) is 0 Å². The second kappa shape index (κ2) is 3.96. The van der Waals surface area contributed by atoms with E-state index in [1.807, 2.05) is 0 Å². The van der Waals surface area contributed by atoms with Crippen molar-refractivity contribution in [1.82, 2.24) is 0 Å². The number of nitrogens with one attached hydrogen (secondary N) is 1. The van der Waals surface area contributed by atoms with Gasteiger partial charge in [-0.05, 0) is 25.0 Å². The molecule has 0 aliphatic carbocycles. The Kier molecular flexibility index (Phi) is 2.66. The van der Waals surface area contributed by atoms with Crippen LogP contribution in [-0.2, 0) is 0 Å². The number of rotatable bonds is 1. The molecule has 1 N–H and O–H groups in total. The SMILES string of the molecule is N=C1CCCCN1c1cc(F)ccc1F. The minimum absolute atomic E-state index is 0.180. The van der Waals surface area contributed by atoms with Crippen LogP contribution in [-0.4, -0.2) is 12.4 Å². The smallest absolute Gasteiger partial charge is 0.147 e. The van der Waals surface area contributed by atoms with Gasteiger partial charge in [0.25, 0.3) is 0 Å². The maximum atomic E-state index is 13.4. The molecule has 0 atom stereocenters. The standard InChI is InChI=1S/C11H12F2N2/c12-8-4-5-9(13)10(7-8)15-6-2-1-3-11(15)14/h4-5,7,14H,1-3,6H2. The van der Waals surface area contributed by atoms with Gasteiger partial charge in [-0.25, -0.2) is 8.78 Å². The van der Waals surface area contributed by atoms with Crippen molar-refractivity contribution in [2.24, 2.45) is 0 Å². The van der Waals surface area contributed by atoms with E-state index in [0.717, 1.165) is 31.0 Å². The van der Waals surface area contributed by atoms with Gasteiger partial charge in [-0.15, -0.1) is 0 Å². The van der Waals surface area contributed by atoms with E-state index in [0.29, 0.717) is 18.8 Å². The van der Waals surface area contributed by atoms with Crippen molar-refractivity contribution in [2.75, 3.05) is 11.4 Å². The molecule has 0 spiro atoms. The van der Waals surface area contributed by atoms with Crippen LogP contribution in [0.25, 0.3) is 0 Å². The van der Waals surface area contributed by atoms with Crippen molar-refractivity contribution in [3.8, 4) is 0 Å². The molecule has 1 aliphatic rings. The van der Waals surface area contributed by atoms with Crippen LogP contribution >= 0.6 is 0 Å². The first-order valence-corrected chi connectivity index (χ1v) is 4.98. The second-order valence-electron chi connectivity index (χ2n) is 3.65. The Morgan fingerprint density at radius 3 is 2.73 bits per heavy atom. The van der Waals surface area contributed by atoms with Gasteiger partial charge in [0.2, 0.25) is 0 Å². The highest BCUT2D eigenvalue weighted by molar-refractivity contribution is 5.96. The van der Waals surface area contributed by atoms with Crippen molar-refractivity contribution in [1.29, 1.82) is 5.41 Å². The summed E-state index contributed by atoms with van der Waals surface area (Å²) in [4.78, 5) is 1.54. The topological polar surface area (TPSA) is 27.1 Å². The molecule has 0 aromatic heterocycles. The van der Waals surface area contributed by atoms with E-state index in [9.17, 15) is 8.78 Å². The van der Waals surface area contributed by atoms with Gasteiger partial charge < -0.3 is 4.90 Å². The van der Waals surface area contributed by atoms with Gasteiger partial charge in [0, 0.05) is 19.0 Å². The molecule has 80 valence electrons. The highest BCUT2D eigenvalue weighted by Gasteiger charge is 2.19. The highest BCUT2D eigenvalue weighted by Crippen LogP contribution is 2.24. The average Bonchev–Trinajstić information content (AvgIpc) is 2.23. The number of amidine groups is 1. The minimum Gasteiger partial charge on any atom is -0.328 e. The summed E-state index contributed by atoms with van der Waals surface area (Å²) in [5, 5.41) is 7.69. The molecule has 0 bridgehead atoms. The fourth-order valence-corrected chi connectivity index (χ4v) is 1.79. The zero-order valence-electron chi connectivity index (χ0n) is 8.26. The van der Waals surface area contributed by atoms with Crippen molar-refractivity contribution >= 4 is 11.5 Å². The zero-order chi connectivity index (χ0) is 10.8. The molecule has 2 nitrogen and oxygen atoms in total. The molecule has 0 amide bonds. The molecule has 0 unspecified atom stereocenters. The first kappa shape index (κ1) is 10.1. The molecular formula is C11H12F2N2. The van der Waals surface area contributed by atoms with Crippen molar-refractivity contribution < 1.29 is 8.78 Å². The summed E-state index contributed by atoms with van der Waals surface area (Å²) in [6, 6.07) is 3.34. The van der Waals surface area contributed by atoms with Gasteiger partial charge >= 0.3 is 0 Å². The molecule has 0 saturated carbocycles. The van der Waals surface area contributed by atoms with Crippen molar-refractivity contribution in [2.45, 2.75) is 19.3 Å². The fourth-order valence-electron chi connectivity index (χ4n) is 1.79. The van der Waals surface area contributed by atoms with Crippen LogP contribution in [0.3, 0.4) is 0 Å². The molecule has 4 heteroatoms. The molecule has 15 heavy (non-hydrogen) atoms. The van der Waals surface area contributed by atoms with Gasteiger partial charge in [0.15, 0.2) is 0 Å². The number of halogens is 2. The van der Waals surface area contributed by atoms with E-state index in [4.69, 9.17) is 5.41 Å². The van der Waals surface area contributed by atoms with Crippen LogP contribution in [0.4, 0.5) is 14.5 Å². The third-order valence-corrected chi connectivity index (χ3v) is 2.57. The van der Waals surface area contributed by atoms with Gasteiger partial charge in [0.1, 0.15) is 17.5 Å². The fraction of sp³-hybridized carbons (Fsp3) is 0.364. The summed E-state index contributed by atoms with van der Waals surface area (Å²) in [5.41, 5.74) is 0.180. The van der Waals surface area contributed by atoms with Crippen molar-refractivity contribution in [3.05, 3.63) is 29.8 Å². The Bertz CT molecular complexity index is 390.